The molecule has 0 aliphatic heterocycles. The highest BCUT2D eigenvalue weighted by atomic mass is 16.3. The summed E-state index contributed by atoms with van der Waals surface area (Å²) in [6.07, 6.45) is 1.73. The van der Waals surface area contributed by atoms with Crippen LogP contribution in [0.1, 0.15) is 30.6 Å². The number of aromatic nitrogens is 1. The van der Waals surface area contributed by atoms with Crippen molar-refractivity contribution < 1.29 is 9.90 Å². The molecule has 0 aliphatic carbocycles. The molecule has 2 unspecified atom stereocenters. The average Bonchev–Trinajstić information content (AvgIpc) is 2.27. The van der Waals surface area contributed by atoms with Gasteiger partial charge in [-0.25, -0.2) is 4.98 Å². The number of carbonyl (C=O) groups is 1. The van der Waals surface area contributed by atoms with Crippen molar-refractivity contribution in [3.63, 3.8) is 0 Å². The second kappa shape index (κ2) is 6.35. The first kappa shape index (κ1) is 14.4. The first-order chi connectivity index (χ1) is 8.40. The van der Waals surface area contributed by atoms with Gasteiger partial charge >= 0.3 is 0 Å². The Hall–Kier alpha value is -1.62. The van der Waals surface area contributed by atoms with Crippen molar-refractivity contribution in [1.29, 1.82) is 0 Å². The monoisotopic (exact) mass is 251 g/mol. The van der Waals surface area contributed by atoms with Crippen molar-refractivity contribution in [2.75, 3.05) is 19.0 Å². The number of nitrogens with zero attached hydrogens (tertiary/aromatic N) is 2. The van der Waals surface area contributed by atoms with E-state index in [9.17, 15) is 9.90 Å². The Morgan fingerprint density at radius 3 is 2.72 bits per heavy atom. The highest BCUT2D eigenvalue weighted by Crippen LogP contribution is 2.10. The number of hydrogen-bond donors (Lipinski definition) is 2. The molecular weight excluding hydrogens is 230 g/mol. The number of nitrogens with one attached hydrogen (secondary N) is 1. The molecule has 0 saturated carbocycles. The molecule has 0 saturated heterocycles. The number of hydrogen-bond acceptors (Lipinski definition) is 4. The third-order valence-electron chi connectivity index (χ3n) is 2.54. The van der Waals surface area contributed by atoms with Gasteiger partial charge in [0.2, 0.25) is 0 Å². The second-order valence-electron chi connectivity index (χ2n) is 4.76. The summed E-state index contributed by atoms with van der Waals surface area (Å²) < 4.78 is 0. The van der Waals surface area contributed by atoms with Crippen molar-refractivity contribution in [2.24, 2.45) is 0 Å². The van der Waals surface area contributed by atoms with E-state index in [1.807, 2.05) is 25.9 Å². The molecule has 0 spiro atoms. The van der Waals surface area contributed by atoms with Crippen molar-refractivity contribution >= 4 is 11.7 Å². The summed E-state index contributed by atoms with van der Waals surface area (Å²) in [7, 11) is 3.75. The maximum absolute atomic E-state index is 12.0. The standard InChI is InChI=1S/C13H21N3O2/c1-9(7-10(2)17)15-13(18)11-5-6-14-12(8-11)16(3)4/h5-6,8-10,17H,7H2,1-4H3,(H,15,18). The van der Waals surface area contributed by atoms with Gasteiger partial charge in [-0.3, -0.25) is 4.79 Å². The molecule has 0 aliphatic rings. The SMILES string of the molecule is CC(O)CC(C)NC(=O)c1ccnc(N(C)C)c1. The number of pyridine rings is 1. The van der Waals surface area contributed by atoms with Crippen LogP contribution in [0.15, 0.2) is 18.3 Å². The second-order valence-corrected chi connectivity index (χ2v) is 4.76. The Labute approximate surface area is 108 Å². The van der Waals surface area contributed by atoms with E-state index in [0.717, 1.165) is 5.82 Å². The van der Waals surface area contributed by atoms with Crippen LogP contribution < -0.4 is 10.2 Å². The van der Waals surface area contributed by atoms with E-state index in [0.29, 0.717) is 12.0 Å². The predicted octanol–water partition coefficient (Wildman–Crippen LogP) is 1.04. The number of carbonyl (C=O) groups excluding carboxylic acids is 1. The van der Waals surface area contributed by atoms with Crippen LogP contribution in [-0.2, 0) is 0 Å². The number of amides is 1. The minimum atomic E-state index is -0.421. The fraction of sp³-hybridized carbons (Fsp3) is 0.538. The van der Waals surface area contributed by atoms with E-state index in [2.05, 4.69) is 10.3 Å². The van der Waals surface area contributed by atoms with E-state index in [1.54, 1.807) is 25.3 Å². The predicted molar refractivity (Wildman–Crippen MR) is 71.8 cm³/mol. The molecule has 0 bridgehead atoms. The summed E-state index contributed by atoms with van der Waals surface area (Å²) in [6, 6.07) is 3.36. The molecule has 1 heterocycles. The van der Waals surface area contributed by atoms with Gasteiger partial charge in [-0.1, -0.05) is 0 Å². The fourth-order valence-corrected chi connectivity index (χ4v) is 1.68. The summed E-state index contributed by atoms with van der Waals surface area (Å²) in [5, 5.41) is 12.1. The molecule has 2 N–H and O–H groups in total. The highest BCUT2D eigenvalue weighted by molar-refractivity contribution is 5.94. The van der Waals surface area contributed by atoms with Gasteiger partial charge in [-0.15, -0.1) is 0 Å². The molecule has 0 fully saturated rings. The Morgan fingerprint density at radius 1 is 1.50 bits per heavy atom. The van der Waals surface area contributed by atoms with Crippen LogP contribution in [0.2, 0.25) is 0 Å². The van der Waals surface area contributed by atoms with Crippen molar-refractivity contribution in [3.8, 4) is 0 Å². The van der Waals surface area contributed by atoms with E-state index in [1.165, 1.54) is 0 Å². The summed E-state index contributed by atoms with van der Waals surface area (Å²) >= 11 is 0. The van der Waals surface area contributed by atoms with Crippen LogP contribution >= 0.6 is 0 Å². The smallest absolute Gasteiger partial charge is 0.251 e. The molecule has 0 aromatic carbocycles. The zero-order valence-corrected chi connectivity index (χ0v) is 11.3. The largest absolute Gasteiger partial charge is 0.393 e. The van der Waals surface area contributed by atoms with Gasteiger partial charge in [0.25, 0.3) is 5.91 Å². The maximum Gasteiger partial charge on any atom is 0.251 e. The highest BCUT2D eigenvalue weighted by Gasteiger charge is 2.12. The summed E-state index contributed by atoms with van der Waals surface area (Å²) in [4.78, 5) is 18.0. The lowest BCUT2D eigenvalue weighted by molar-refractivity contribution is 0.0923. The summed E-state index contributed by atoms with van der Waals surface area (Å²) in [5.74, 6) is 0.597. The number of rotatable bonds is 5. The van der Waals surface area contributed by atoms with Gasteiger partial charge in [0.05, 0.1) is 6.10 Å². The van der Waals surface area contributed by atoms with Gasteiger partial charge in [0.15, 0.2) is 0 Å². The molecule has 100 valence electrons. The first-order valence-electron chi connectivity index (χ1n) is 6.02. The molecule has 2 atom stereocenters. The van der Waals surface area contributed by atoms with Crippen LogP contribution in [-0.4, -0.2) is 42.2 Å². The minimum Gasteiger partial charge on any atom is -0.393 e. The van der Waals surface area contributed by atoms with Crippen LogP contribution in [0, 0.1) is 0 Å². The van der Waals surface area contributed by atoms with Crippen LogP contribution in [0.25, 0.3) is 0 Å². The van der Waals surface area contributed by atoms with Crippen LogP contribution in [0.3, 0.4) is 0 Å². The Kier molecular flexibility index (Phi) is 5.09. The van der Waals surface area contributed by atoms with Crippen molar-refractivity contribution in [2.45, 2.75) is 32.4 Å². The van der Waals surface area contributed by atoms with E-state index in [-0.39, 0.29) is 11.9 Å². The summed E-state index contributed by atoms with van der Waals surface area (Å²) in [5.41, 5.74) is 0.575. The van der Waals surface area contributed by atoms with E-state index in [4.69, 9.17) is 0 Å². The number of anilines is 1. The number of aliphatic hydroxyl groups excluding tert-OH is 1. The van der Waals surface area contributed by atoms with Crippen molar-refractivity contribution in [3.05, 3.63) is 23.9 Å². The van der Waals surface area contributed by atoms with Gasteiger partial charge < -0.3 is 15.3 Å². The topological polar surface area (TPSA) is 65.5 Å². The fourth-order valence-electron chi connectivity index (χ4n) is 1.68. The lowest BCUT2D eigenvalue weighted by atomic mass is 10.1. The van der Waals surface area contributed by atoms with Gasteiger partial charge in [-0.2, -0.15) is 0 Å². The average molecular weight is 251 g/mol. The maximum atomic E-state index is 12.0. The Bertz CT molecular complexity index is 405. The Morgan fingerprint density at radius 2 is 2.17 bits per heavy atom. The molecule has 18 heavy (non-hydrogen) atoms. The zero-order chi connectivity index (χ0) is 13.7. The van der Waals surface area contributed by atoms with Crippen LogP contribution in [0.4, 0.5) is 5.82 Å². The number of aliphatic hydroxyl groups is 1. The Balaban J connectivity index is 2.69. The van der Waals surface area contributed by atoms with Gasteiger partial charge in [0.1, 0.15) is 5.82 Å². The zero-order valence-electron chi connectivity index (χ0n) is 11.3. The molecule has 1 rings (SSSR count). The molecule has 1 aromatic heterocycles. The summed E-state index contributed by atoms with van der Waals surface area (Å²) in [6.45, 7) is 3.58. The third kappa shape index (κ3) is 4.33. The molecular formula is C13H21N3O2. The molecule has 0 radical (unpaired) electrons. The first-order valence-corrected chi connectivity index (χ1v) is 6.02. The quantitative estimate of drug-likeness (QED) is 0.820. The van der Waals surface area contributed by atoms with Gasteiger partial charge in [-0.05, 0) is 32.4 Å². The lowest BCUT2D eigenvalue weighted by Crippen LogP contribution is -2.34. The van der Waals surface area contributed by atoms with Crippen LogP contribution in [0.5, 0.6) is 0 Å². The van der Waals surface area contributed by atoms with Gasteiger partial charge in [0, 0.05) is 31.9 Å². The van der Waals surface area contributed by atoms with E-state index >= 15 is 0 Å². The van der Waals surface area contributed by atoms with Crippen molar-refractivity contribution in [1.82, 2.24) is 10.3 Å². The lowest BCUT2D eigenvalue weighted by Gasteiger charge is -2.16. The van der Waals surface area contributed by atoms with E-state index < -0.39 is 6.10 Å². The molecule has 1 aromatic rings. The third-order valence-corrected chi connectivity index (χ3v) is 2.54. The molecule has 5 heteroatoms. The molecule has 1 amide bonds. The molecule has 5 nitrogen and oxygen atoms in total. The minimum absolute atomic E-state index is 0.0616. The normalized spacial score (nSPS) is 13.8.